The Morgan fingerprint density at radius 1 is 0.658 bits per heavy atom. The summed E-state index contributed by atoms with van der Waals surface area (Å²) in [5.41, 5.74) is -12.1. The Labute approximate surface area is 200 Å². The van der Waals surface area contributed by atoms with Crippen LogP contribution < -0.4 is 9.47 Å². The van der Waals surface area contributed by atoms with Crippen molar-refractivity contribution in [1.82, 2.24) is 0 Å². The Hall–Kier alpha value is -4.70. The Morgan fingerprint density at radius 2 is 1.16 bits per heavy atom. The van der Waals surface area contributed by atoms with Crippen molar-refractivity contribution in [2.24, 2.45) is 0 Å². The maximum Gasteiger partial charge on any atom is 0.511 e. The van der Waals surface area contributed by atoms with Crippen LogP contribution in [0, 0.1) is 58.2 Å². The van der Waals surface area contributed by atoms with Crippen LogP contribution in [0.5, 0.6) is 23.0 Å². The summed E-state index contributed by atoms with van der Waals surface area (Å²) in [6.45, 7) is 0. The van der Waals surface area contributed by atoms with E-state index in [1.165, 1.54) is 0 Å². The number of rotatable bonds is 1. The summed E-state index contributed by atoms with van der Waals surface area (Å²) < 4.78 is 160. The molecule has 1 spiro atoms. The highest BCUT2D eigenvalue weighted by Crippen LogP contribution is 2.61. The van der Waals surface area contributed by atoms with Gasteiger partial charge >= 0.3 is 12.1 Å². The zero-order chi connectivity index (χ0) is 28.2. The lowest BCUT2D eigenvalue weighted by molar-refractivity contribution is 0.0178. The van der Waals surface area contributed by atoms with Gasteiger partial charge in [0.2, 0.25) is 34.6 Å². The Balaban J connectivity index is 2.09. The van der Waals surface area contributed by atoms with Gasteiger partial charge in [0.15, 0.2) is 52.2 Å². The van der Waals surface area contributed by atoms with E-state index in [0.29, 0.717) is 0 Å². The number of ether oxygens (including phenoxy) is 3. The molecule has 0 radical (unpaired) electrons. The van der Waals surface area contributed by atoms with Gasteiger partial charge in [-0.25, -0.2) is 35.9 Å². The van der Waals surface area contributed by atoms with E-state index in [4.69, 9.17) is 5.11 Å². The number of aromatic hydroxyl groups is 1. The molecule has 3 aromatic carbocycles. The second-order valence-electron chi connectivity index (χ2n) is 7.52. The van der Waals surface area contributed by atoms with Gasteiger partial charge in [0.25, 0.3) is 0 Å². The van der Waals surface area contributed by atoms with E-state index in [2.05, 4.69) is 14.2 Å². The van der Waals surface area contributed by atoms with Crippen molar-refractivity contribution in [3.05, 3.63) is 80.4 Å². The third kappa shape index (κ3) is 2.75. The second kappa shape index (κ2) is 7.65. The number of carbonyl (C=O) groups is 2. The fourth-order valence-electron chi connectivity index (χ4n) is 4.22. The summed E-state index contributed by atoms with van der Waals surface area (Å²) in [6, 6.07) is 0. The quantitative estimate of drug-likeness (QED) is 0.136. The Bertz CT molecular complexity index is 1670. The minimum atomic E-state index is -4.10. The van der Waals surface area contributed by atoms with Gasteiger partial charge in [-0.2, -0.15) is 17.6 Å². The number of halogens is 10. The van der Waals surface area contributed by atoms with E-state index < -0.39 is 121 Å². The van der Waals surface area contributed by atoms with E-state index >= 15 is 17.6 Å². The molecule has 2 N–H and O–H groups in total. The first kappa shape index (κ1) is 25.0. The number of fused-ring (bicyclic) bond motifs is 6. The lowest BCUT2D eigenvalue weighted by atomic mass is 9.76. The number of carbonyl (C=O) groups excluding carboxylic acids is 1. The third-order valence-electron chi connectivity index (χ3n) is 5.66. The van der Waals surface area contributed by atoms with Crippen LogP contribution in [0.25, 0.3) is 0 Å². The highest BCUT2D eigenvalue weighted by atomic mass is 19.2. The van der Waals surface area contributed by atoms with Crippen LogP contribution in [-0.2, 0) is 10.3 Å². The highest BCUT2D eigenvalue weighted by Gasteiger charge is 2.63. The van der Waals surface area contributed by atoms with E-state index in [9.17, 15) is 41.0 Å². The lowest BCUT2D eigenvalue weighted by Gasteiger charge is -2.37. The smallest absolute Gasteiger partial charge is 0.503 e. The van der Waals surface area contributed by atoms with Crippen molar-refractivity contribution in [3.63, 3.8) is 0 Å². The van der Waals surface area contributed by atoms with Gasteiger partial charge in [-0.15, -0.1) is 0 Å². The predicted octanol–water partition coefficient (Wildman–Crippen LogP) is 5.41. The molecular weight excluding hydrogens is 554 g/mol. The van der Waals surface area contributed by atoms with Crippen LogP contribution in [0.2, 0.25) is 0 Å². The fourth-order valence-corrected chi connectivity index (χ4v) is 4.22. The molecule has 198 valence electrons. The molecule has 1 unspecified atom stereocenters. The number of hydrogen-bond acceptors (Lipinski definition) is 6. The summed E-state index contributed by atoms with van der Waals surface area (Å²) in [6.07, 6.45) is -2.46. The van der Waals surface area contributed by atoms with Crippen LogP contribution in [0.1, 0.15) is 27.0 Å². The van der Waals surface area contributed by atoms with Gasteiger partial charge in [-0.05, 0) is 0 Å². The van der Waals surface area contributed by atoms with E-state index in [1.54, 1.807) is 0 Å². The number of hydrogen-bond donors (Lipinski definition) is 2. The highest BCUT2D eigenvalue weighted by molar-refractivity contribution is 5.97. The van der Waals surface area contributed by atoms with Gasteiger partial charge in [-0.3, -0.25) is 0 Å². The molecule has 0 amide bonds. The minimum absolute atomic E-state index is 1.93. The molecule has 2 aliphatic rings. The SMILES string of the molecule is O=C(O)Oc1c(F)c(F)c2c(c1F)Oc1c(F)c(O)c(F)c(F)c1C21OC(=O)c2c(F)c(F)c(F)c(F)c21. The van der Waals surface area contributed by atoms with Crippen molar-refractivity contribution in [2.75, 3.05) is 0 Å². The monoisotopic (exact) mass is 556 g/mol. The molecule has 0 aliphatic carbocycles. The maximum absolute atomic E-state index is 15.4. The summed E-state index contributed by atoms with van der Waals surface area (Å²) in [5.74, 6) is -36.3. The standard InChI is InChI=1S/C21H2F10O7/c22-5-1-2(6(23)10(27)9(5)26)21(38-19(1)33)3-7(24)11(28)15(32)13(30)16(3)36-17-4(21)8(25)12(29)18(14(17)31)37-20(34)35/h32H,(H,34,35). The molecule has 0 saturated heterocycles. The third-order valence-corrected chi connectivity index (χ3v) is 5.66. The van der Waals surface area contributed by atoms with Gasteiger partial charge in [0.1, 0.15) is 5.56 Å². The van der Waals surface area contributed by atoms with Crippen LogP contribution in [0.4, 0.5) is 48.7 Å². The van der Waals surface area contributed by atoms with E-state index in [0.717, 1.165) is 0 Å². The normalized spacial score (nSPS) is 17.1. The van der Waals surface area contributed by atoms with Crippen molar-refractivity contribution in [3.8, 4) is 23.0 Å². The van der Waals surface area contributed by atoms with Crippen LogP contribution in [0.15, 0.2) is 0 Å². The maximum atomic E-state index is 15.4. The molecule has 0 aromatic heterocycles. The average molecular weight is 556 g/mol. The molecule has 17 heteroatoms. The molecule has 7 nitrogen and oxygen atoms in total. The summed E-state index contributed by atoms with van der Waals surface area (Å²) in [4.78, 5) is 23.3. The van der Waals surface area contributed by atoms with Crippen molar-refractivity contribution in [1.29, 1.82) is 0 Å². The molecule has 38 heavy (non-hydrogen) atoms. The predicted molar refractivity (Wildman–Crippen MR) is 94.6 cm³/mol. The van der Waals surface area contributed by atoms with E-state index in [-0.39, 0.29) is 0 Å². The molecular formula is C21H2F10O7. The largest absolute Gasteiger partial charge is 0.511 e. The molecule has 5 rings (SSSR count). The van der Waals surface area contributed by atoms with Gasteiger partial charge in [-0.1, -0.05) is 0 Å². The van der Waals surface area contributed by atoms with Gasteiger partial charge < -0.3 is 24.4 Å². The van der Waals surface area contributed by atoms with Crippen LogP contribution >= 0.6 is 0 Å². The average Bonchev–Trinajstić information content (AvgIpc) is 3.16. The summed E-state index contributed by atoms with van der Waals surface area (Å²) in [7, 11) is 0. The minimum Gasteiger partial charge on any atom is -0.503 e. The molecule has 0 fully saturated rings. The Morgan fingerprint density at radius 3 is 1.74 bits per heavy atom. The number of phenols is 1. The lowest BCUT2D eigenvalue weighted by Crippen LogP contribution is -2.38. The zero-order valence-corrected chi connectivity index (χ0v) is 17.2. The first-order valence-electron chi connectivity index (χ1n) is 9.47. The van der Waals surface area contributed by atoms with Crippen LogP contribution in [-0.4, -0.2) is 22.3 Å². The molecule has 3 aromatic rings. The first-order valence-corrected chi connectivity index (χ1v) is 9.47. The molecule has 2 aliphatic heterocycles. The topological polar surface area (TPSA) is 102 Å². The van der Waals surface area contributed by atoms with Gasteiger partial charge in [0, 0.05) is 0 Å². The summed E-state index contributed by atoms with van der Waals surface area (Å²) in [5, 5.41) is 18.2. The van der Waals surface area contributed by atoms with Crippen molar-refractivity contribution >= 4 is 12.1 Å². The molecule has 2 heterocycles. The number of carboxylic acid groups (broad SMARTS) is 1. The molecule has 0 bridgehead atoms. The second-order valence-corrected chi connectivity index (χ2v) is 7.52. The van der Waals surface area contributed by atoms with Gasteiger partial charge in [0.05, 0.1) is 16.7 Å². The number of phenolic OH excluding ortho intramolecular Hbond substituents is 1. The fraction of sp³-hybridized carbons (Fsp3) is 0.0476. The number of esters is 1. The Kier molecular flexibility index (Phi) is 5.03. The van der Waals surface area contributed by atoms with Crippen LogP contribution in [0.3, 0.4) is 0 Å². The molecule has 0 saturated carbocycles. The van der Waals surface area contributed by atoms with Crippen molar-refractivity contribution in [2.45, 2.75) is 5.60 Å². The van der Waals surface area contributed by atoms with Crippen molar-refractivity contribution < 1.29 is 77.9 Å². The van der Waals surface area contributed by atoms with E-state index in [1.807, 2.05) is 0 Å². The summed E-state index contributed by atoms with van der Waals surface area (Å²) >= 11 is 0. The molecule has 1 atom stereocenters. The zero-order valence-electron chi connectivity index (χ0n) is 17.2. The number of benzene rings is 3. The first-order chi connectivity index (χ1) is 17.7.